The van der Waals surface area contributed by atoms with E-state index in [2.05, 4.69) is 21.9 Å². The van der Waals surface area contributed by atoms with E-state index < -0.39 is 5.60 Å². The second-order valence-electron chi connectivity index (χ2n) is 9.11. The molecule has 3 aromatic rings. The Morgan fingerprint density at radius 3 is 2.80 bits per heavy atom. The number of aliphatic hydroxyl groups is 1. The number of nitrogens with one attached hydrogen (secondary N) is 2. The maximum absolute atomic E-state index is 13.2. The minimum Gasteiger partial charge on any atom is -0.390 e. The summed E-state index contributed by atoms with van der Waals surface area (Å²) in [4.78, 5) is 40.2. The zero-order valence-corrected chi connectivity index (χ0v) is 17.4. The van der Waals surface area contributed by atoms with Crippen LogP contribution in [0.3, 0.4) is 0 Å². The van der Waals surface area contributed by atoms with Gasteiger partial charge in [-0.1, -0.05) is 6.92 Å². The van der Waals surface area contributed by atoms with E-state index in [-0.39, 0.29) is 23.7 Å². The Hall–Kier alpha value is -2.81. The zero-order chi connectivity index (χ0) is 21.0. The summed E-state index contributed by atoms with van der Waals surface area (Å²) in [5, 5.41) is 11.1. The second kappa shape index (κ2) is 6.87. The number of fused-ring (bicyclic) bond motifs is 3. The SMILES string of the molecule is C[C@@H]1CCN(C(=O)N2CCC(C)(O)CC2)C[C@@H]1n1c(=O)[nH]c2cnc3[nH]ccc3c21. The number of carbonyl (C=O) groups excluding carboxylic acids is 1. The Kier molecular flexibility index (Phi) is 4.39. The van der Waals surface area contributed by atoms with Crippen LogP contribution in [-0.4, -0.2) is 72.2 Å². The van der Waals surface area contributed by atoms with Crippen molar-refractivity contribution in [2.24, 2.45) is 5.92 Å². The number of piperidine rings is 2. The molecular weight excluding hydrogens is 384 g/mol. The number of likely N-dealkylation sites (tertiary alicyclic amines) is 2. The van der Waals surface area contributed by atoms with Gasteiger partial charge in [0.1, 0.15) is 5.65 Å². The standard InChI is InChI=1S/C21H28N6O3/c1-13-4-8-26(20(29)25-9-5-21(2,30)6-10-25)12-16(13)27-17-14-3-7-22-18(14)23-11-15(17)24-19(27)28/h3,7,11,13,16,30H,4-6,8-10,12H2,1-2H3,(H,22,23)(H,24,28)/t13-,16+/m1/s1. The first-order valence-electron chi connectivity index (χ1n) is 10.7. The van der Waals surface area contributed by atoms with E-state index in [1.165, 1.54) is 0 Å². The van der Waals surface area contributed by atoms with Gasteiger partial charge in [-0.3, -0.25) is 4.57 Å². The van der Waals surface area contributed by atoms with E-state index in [0.717, 1.165) is 23.0 Å². The van der Waals surface area contributed by atoms with Crippen molar-refractivity contribution >= 4 is 28.1 Å². The van der Waals surface area contributed by atoms with Gasteiger partial charge < -0.3 is 24.9 Å². The van der Waals surface area contributed by atoms with Crippen molar-refractivity contribution in [1.29, 1.82) is 0 Å². The lowest BCUT2D eigenvalue weighted by Gasteiger charge is -2.42. The van der Waals surface area contributed by atoms with Gasteiger partial charge in [-0.25, -0.2) is 14.6 Å². The third kappa shape index (κ3) is 3.08. The molecule has 0 radical (unpaired) electrons. The van der Waals surface area contributed by atoms with E-state index in [0.29, 0.717) is 44.5 Å². The van der Waals surface area contributed by atoms with Crippen LogP contribution in [0, 0.1) is 5.92 Å². The maximum Gasteiger partial charge on any atom is 0.326 e. The fourth-order valence-electron chi connectivity index (χ4n) is 4.88. The highest BCUT2D eigenvalue weighted by Gasteiger charge is 2.36. The third-order valence-electron chi connectivity index (χ3n) is 6.89. The van der Waals surface area contributed by atoms with Crippen molar-refractivity contribution in [1.82, 2.24) is 29.3 Å². The topological polar surface area (TPSA) is 110 Å². The molecule has 2 fully saturated rings. The molecule has 0 saturated carbocycles. The molecule has 2 atom stereocenters. The normalized spacial score (nSPS) is 24.6. The van der Waals surface area contributed by atoms with Crippen LogP contribution < -0.4 is 5.69 Å². The van der Waals surface area contributed by atoms with Crippen LogP contribution in [0.25, 0.3) is 22.1 Å². The summed E-state index contributed by atoms with van der Waals surface area (Å²) in [5.74, 6) is 0.259. The van der Waals surface area contributed by atoms with Gasteiger partial charge in [0.05, 0.1) is 28.9 Å². The van der Waals surface area contributed by atoms with Crippen LogP contribution in [0.5, 0.6) is 0 Å². The molecule has 30 heavy (non-hydrogen) atoms. The number of H-pyrrole nitrogens is 2. The van der Waals surface area contributed by atoms with E-state index in [1.807, 2.05) is 33.6 Å². The molecule has 2 aliphatic heterocycles. The molecule has 0 aliphatic carbocycles. The first kappa shape index (κ1) is 19.2. The van der Waals surface area contributed by atoms with Crippen molar-refractivity contribution in [3.05, 3.63) is 28.9 Å². The zero-order valence-electron chi connectivity index (χ0n) is 17.4. The van der Waals surface area contributed by atoms with Crippen LogP contribution in [0.1, 0.15) is 39.2 Å². The largest absolute Gasteiger partial charge is 0.390 e. The molecule has 9 nitrogen and oxygen atoms in total. The van der Waals surface area contributed by atoms with Gasteiger partial charge in [0.25, 0.3) is 0 Å². The van der Waals surface area contributed by atoms with E-state index in [9.17, 15) is 14.7 Å². The fourth-order valence-corrected chi connectivity index (χ4v) is 4.88. The fraction of sp³-hybridized carbons (Fsp3) is 0.571. The van der Waals surface area contributed by atoms with Crippen molar-refractivity contribution in [2.75, 3.05) is 26.2 Å². The summed E-state index contributed by atoms with van der Waals surface area (Å²) < 4.78 is 1.82. The molecule has 3 N–H and O–H groups in total. The summed E-state index contributed by atoms with van der Waals surface area (Å²) in [6, 6.07) is 1.82. The molecule has 2 amide bonds. The summed E-state index contributed by atoms with van der Waals surface area (Å²) in [6.07, 6.45) is 5.52. The van der Waals surface area contributed by atoms with Crippen LogP contribution in [0.15, 0.2) is 23.3 Å². The smallest absolute Gasteiger partial charge is 0.326 e. The van der Waals surface area contributed by atoms with E-state index >= 15 is 0 Å². The number of pyridine rings is 1. The molecule has 5 heterocycles. The van der Waals surface area contributed by atoms with Gasteiger partial charge in [-0.05, 0) is 38.2 Å². The second-order valence-corrected chi connectivity index (χ2v) is 9.11. The molecule has 9 heteroatoms. The molecule has 5 rings (SSSR count). The Balaban J connectivity index is 1.46. The predicted molar refractivity (Wildman–Crippen MR) is 113 cm³/mol. The van der Waals surface area contributed by atoms with Crippen LogP contribution in [-0.2, 0) is 0 Å². The number of nitrogens with zero attached hydrogens (tertiary/aromatic N) is 4. The van der Waals surface area contributed by atoms with Crippen LogP contribution in [0.4, 0.5) is 4.79 Å². The van der Waals surface area contributed by atoms with Crippen molar-refractivity contribution in [3.63, 3.8) is 0 Å². The lowest BCUT2D eigenvalue weighted by molar-refractivity contribution is -0.00139. The van der Waals surface area contributed by atoms with Gasteiger partial charge in [0.15, 0.2) is 0 Å². The van der Waals surface area contributed by atoms with Gasteiger partial charge in [-0.2, -0.15) is 0 Å². The monoisotopic (exact) mass is 412 g/mol. The molecule has 2 aliphatic rings. The highest BCUT2D eigenvalue weighted by Crippen LogP contribution is 2.32. The number of amides is 2. The molecule has 160 valence electrons. The number of carbonyl (C=O) groups is 1. The first-order chi connectivity index (χ1) is 14.3. The Bertz CT molecular complexity index is 1150. The molecule has 3 aromatic heterocycles. The predicted octanol–water partition coefficient (Wildman–Crippen LogP) is 2.06. The van der Waals surface area contributed by atoms with Gasteiger partial charge in [-0.15, -0.1) is 0 Å². The lowest BCUT2D eigenvalue weighted by Crippen LogP contribution is -2.54. The Labute approximate surface area is 173 Å². The van der Waals surface area contributed by atoms with E-state index in [1.54, 1.807) is 6.20 Å². The number of hydrogen-bond acceptors (Lipinski definition) is 4. The number of rotatable bonds is 1. The minimum atomic E-state index is -0.691. The number of aromatic nitrogens is 4. The van der Waals surface area contributed by atoms with Gasteiger partial charge >= 0.3 is 11.7 Å². The van der Waals surface area contributed by atoms with Gasteiger partial charge in [0, 0.05) is 37.8 Å². The minimum absolute atomic E-state index is 0.00347. The maximum atomic E-state index is 13.2. The number of urea groups is 1. The summed E-state index contributed by atoms with van der Waals surface area (Å²) in [6.45, 7) is 6.27. The summed E-state index contributed by atoms with van der Waals surface area (Å²) >= 11 is 0. The summed E-state index contributed by atoms with van der Waals surface area (Å²) in [7, 11) is 0. The third-order valence-corrected chi connectivity index (χ3v) is 6.89. The number of aromatic amines is 2. The van der Waals surface area contributed by atoms with Crippen LogP contribution in [0.2, 0.25) is 0 Å². The lowest BCUT2D eigenvalue weighted by atomic mass is 9.92. The average molecular weight is 412 g/mol. The first-order valence-corrected chi connectivity index (χ1v) is 10.7. The highest BCUT2D eigenvalue weighted by molar-refractivity contribution is 6.01. The Morgan fingerprint density at radius 2 is 2.03 bits per heavy atom. The summed E-state index contributed by atoms with van der Waals surface area (Å²) in [5.41, 5.74) is 1.43. The molecule has 0 unspecified atom stereocenters. The highest BCUT2D eigenvalue weighted by atomic mass is 16.3. The van der Waals surface area contributed by atoms with Crippen LogP contribution >= 0.6 is 0 Å². The van der Waals surface area contributed by atoms with Crippen molar-refractivity contribution in [2.45, 2.75) is 44.8 Å². The quantitative estimate of drug-likeness (QED) is 0.568. The number of imidazole rings is 1. The molecule has 0 bridgehead atoms. The Morgan fingerprint density at radius 1 is 1.27 bits per heavy atom. The van der Waals surface area contributed by atoms with Gasteiger partial charge in [0.2, 0.25) is 0 Å². The average Bonchev–Trinajstić information content (AvgIpc) is 3.31. The van der Waals surface area contributed by atoms with E-state index in [4.69, 9.17) is 0 Å². The molecule has 0 aromatic carbocycles. The number of hydrogen-bond donors (Lipinski definition) is 3. The van der Waals surface area contributed by atoms with Crippen molar-refractivity contribution < 1.29 is 9.90 Å². The molecular formula is C21H28N6O3. The molecule has 2 saturated heterocycles. The molecule has 0 spiro atoms. The van der Waals surface area contributed by atoms with Crippen molar-refractivity contribution in [3.8, 4) is 0 Å².